The summed E-state index contributed by atoms with van der Waals surface area (Å²) in [5.41, 5.74) is -2.24. The van der Waals surface area contributed by atoms with Gasteiger partial charge in [0, 0.05) is 18.3 Å². The smallest absolute Gasteiger partial charge is 0.423 e. The average molecular weight is 583 g/mol. The molecular weight excluding hydrogens is 562 g/mol. The summed E-state index contributed by atoms with van der Waals surface area (Å²) in [5, 5.41) is 12.7. The number of nitro groups is 1. The highest BCUT2D eigenvalue weighted by Gasteiger charge is 2.60. The number of hydrogen-bond donors (Lipinski definition) is 3. The van der Waals surface area contributed by atoms with Crippen LogP contribution in [-0.2, 0) is 32.2 Å². The fourth-order valence-electron chi connectivity index (χ4n) is 4.39. The van der Waals surface area contributed by atoms with E-state index in [4.69, 9.17) is 16.3 Å². The minimum atomic E-state index is -5.03. The van der Waals surface area contributed by atoms with Crippen LogP contribution in [0.2, 0.25) is 5.02 Å². The minimum Gasteiger partial charge on any atom is -0.465 e. The van der Waals surface area contributed by atoms with Crippen molar-refractivity contribution in [2.24, 2.45) is 5.41 Å². The van der Waals surface area contributed by atoms with Crippen LogP contribution in [0.25, 0.3) is 0 Å². The van der Waals surface area contributed by atoms with Gasteiger partial charge in [-0.3, -0.25) is 25.1 Å². The maximum Gasteiger partial charge on any atom is 0.423 e. The predicted molar refractivity (Wildman–Crippen MR) is 125 cm³/mol. The summed E-state index contributed by atoms with van der Waals surface area (Å²) in [6.45, 7) is 2.74. The molecule has 0 saturated carbocycles. The predicted octanol–water partition coefficient (Wildman–Crippen LogP) is 5.19. The van der Waals surface area contributed by atoms with Crippen LogP contribution in [0.5, 0.6) is 0 Å². The van der Waals surface area contributed by atoms with Gasteiger partial charge in [0.05, 0.1) is 34.1 Å². The summed E-state index contributed by atoms with van der Waals surface area (Å²) in [6.07, 6.45) is -10.5. The fraction of sp³-hybridized carbons (Fsp3) is 0.391. The maximum absolute atomic E-state index is 13.3. The second kappa shape index (κ2) is 10.6. The molecule has 0 radical (unpaired) electrons. The number of nitrogens with one attached hydrogen (secondary N) is 3. The van der Waals surface area contributed by atoms with Crippen LogP contribution >= 0.6 is 11.6 Å². The van der Waals surface area contributed by atoms with E-state index in [2.05, 4.69) is 16.2 Å². The van der Waals surface area contributed by atoms with Crippen LogP contribution < -0.4 is 16.2 Å². The highest BCUT2D eigenvalue weighted by molar-refractivity contribution is 6.31. The van der Waals surface area contributed by atoms with Gasteiger partial charge in [0.1, 0.15) is 11.0 Å². The van der Waals surface area contributed by atoms with E-state index in [-0.39, 0.29) is 24.4 Å². The van der Waals surface area contributed by atoms with Gasteiger partial charge < -0.3 is 10.1 Å². The topological polar surface area (TPSA) is 123 Å². The molecule has 0 spiro atoms. The molecule has 212 valence electrons. The van der Waals surface area contributed by atoms with Crippen LogP contribution in [0.4, 0.5) is 37.7 Å². The molecule has 0 bridgehead atoms. The zero-order valence-corrected chi connectivity index (χ0v) is 21.0. The number of ether oxygens (including phenoxy) is 1. The van der Waals surface area contributed by atoms with Gasteiger partial charge in [-0.25, -0.2) is 5.43 Å². The second-order valence-corrected chi connectivity index (χ2v) is 9.25. The average Bonchev–Trinajstić information content (AvgIpc) is 3.15. The molecule has 1 amide bonds. The highest BCUT2D eigenvalue weighted by Crippen LogP contribution is 2.48. The lowest BCUT2D eigenvalue weighted by Gasteiger charge is -2.40. The van der Waals surface area contributed by atoms with Gasteiger partial charge in [0.2, 0.25) is 5.91 Å². The zero-order valence-electron chi connectivity index (χ0n) is 20.2. The lowest BCUT2D eigenvalue weighted by molar-refractivity contribution is -0.388. The number of carbonyl (C=O) groups excluding carboxylic acids is 2. The first-order valence-corrected chi connectivity index (χ1v) is 11.5. The number of alkyl halides is 6. The van der Waals surface area contributed by atoms with Gasteiger partial charge >= 0.3 is 18.3 Å². The van der Waals surface area contributed by atoms with Crippen molar-refractivity contribution in [2.75, 3.05) is 18.5 Å². The summed E-state index contributed by atoms with van der Waals surface area (Å²) >= 11 is 5.91. The number of hydrazine groups is 1. The second-order valence-electron chi connectivity index (χ2n) is 8.84. The van der Waals surface area contributed by atoms with Gasteiger partial charge in [-0.05, 0) is 43.7 Å². The van der Waals surface area contributed by atoms with Crippen molar-refractivity contribution < 1.29 is 45.6 Å². The van der Waals surface area contributed by atoms with Gasteiger partial charge in [0.25, 0.3) is 5.69 Å². The number of nitro benzene ring substituents is 1. The van der Waals surface area contributed by atoms with E-state index in [9.17, 15) is 46.0 Å². The van der Waals surface area contributed by atoms with E-state index < -0.39 is 68.4 Å². The molecule has 1 aliphatic rings. The van der Waals surface area contributed by atoms with Crippen LogP contribution in [0.15, 0.2) is 36.4 Å². The third-order valence-corrected chi connectivity index (χ3v) is 6.70. The zero-order chi connectivity index (χ0) is 29.4. The monoisotopic (exact) mass is 582 g/mol. The summed E-state index contributed by atoms with van der Waals surface area (Å²) in [7, 11) is 0. The van der Waals surface area contributed by atoms with Crippen LogP contribution in [-0.4, -0.2) is 30.0 Å². The fourth-order valence-corrected chi connectivity index (χ4v) is 4.67. The Morgan fingerprint density at radius 2 is 1.72 bits per heavy atom. The lowest BCUT2D eigenvalue weighted by atomic mass is 9.66. The third-order valence-electron chi connectivity index (χ3n) is 6.39. The quantitative estimate of drug-likeness (QED) is 0.178. The molecule has 1 aliphatic heterocycles. The van der Waals surface area contributed by atoms with Gasteiger partial charge in [-0.2, -0.15) is 26.3 Å². The van der Waals surface area contributed by atoms with Crippen LogP contribution in [0.1, 0.15) is 37.0 Å². The van der Waals surface area contributed by atoms with Crippen molar-refractivity contribution in [1.82, 2.24) is 10.9 Å². The van der Waals surface area contributed by atoms with E-state index in [0.717, 1.165) is 18.2 Å². The molecule has 39 heavy (non-hydrogen) atoms. The number of rotatable bonds is 7. The van der Waals surface area contributed by atoms with E-state index in [1.165, 1.54) is 13.8 Å². The number of hydrogen-bond acceptors (Lipinski definition) is 7. The molecule has 1 saturated heterocycles. The van der Waals surface area contributed by atoms with E-state index >= 15 is 0 Å². The van der Waals surface area contributed by atoms with Crippen molar-refractivity contribution in [3.63, 3.8) is 0 Å². The number of amides is 1. The van der Waals surface area contributed by atoms with E-state index in [1.807, 2.05) is 0 Å². The SMILES string of the molecule is CCOC(=O)C1(C)CNNC1(CC(=O)Nc1ccc(C(F)(F)F)c([N+](=O)[O-])c1)c1ccc(C(F)(F)F)c(Cl)c1. The normalized spacial score (nSPS) is 21.5. The molecule has 3 rings (SSSR count). The largest absolute Gasteiger partial charge is 0.465 e. The summed E-state index contributed by atoms with van der Waals surface area (Å²) < 4.78 is 84.5. The first kappa shape index (κ1) is 30.1. The Morgan fingerprint density at radius 1 is 1.10 bits per heavy atom. The Bertz CT molecular complexity index is 1300. The molecule has 2 unspecified atom stereocenters. The summed E-state index contributed by atoms with van der Waals surface area (Å²) in [5.74, 6) is -1.75. The van der Waals surface area contributed by atoms with Crippen molar-refractivity contribution >= 4 is 34.9 Å². The van der Waals surface area contributed by atoms with Crippen molar-refractivity contribution in [2.45, 2.75) is 38.2 Å². The highest BCUT2D eigenvalue weighted by atomic mass is 35.5. The Morgan fingerprint density at radius 3 is 2.26 bits per heavy atom. The first-order chi connectivity index (χ1) is 18.0. The number of halogens is 7. The molecule has 0 aromatic heterocycles. The number of nitrogens with zero attached hydrogens (tertiary/aromatic N) is 1. The molecule has 2 aromatic rings. The molecule has 0 aliphatic carbocycles. The molecule has 2 atom stereocenters. The molecule has 3 N–H and O–H groups in total. The van der Waals surface area contributed by atoms with Gasteiger partial charge in [0.15, 0.2) is 0 Å². The minimum absolute atomic E-state index is 0.00500. The standard InChI is InChI=1S/C23H21ClF6N4O5/c1-3-39-19(36)20(2)11-31-33-21(20,12-4-6-14(16(24)8-12)22(25,26)27)10-18(35)32-13-5-7-15(23(28,29)30)17(9-13)34(37)38/h4-9,31,33H,3,10-11H2,1-2H3,(H,32,35). The molecule has 1 fully saturated rings. The third kappa shape index (κ3) is 5.79. The maximum atomic E-state index is 13.3. The Labute approximate surface area is 222 Å². The van der Waals surface area contributed by atoms with Crippen LogP contribution in [0.3, 0.4) is 0 Å². The van der Waals surface area contributed by atoms with Crippen molar-refractivity contribution in [1.29, 1.82) is 0 Å². The van der Waals surface area contributed by atoms with Crippen molar-refractivity contribution in [3.8, 4) is 0 Å². The molecule has 9 nitrogen and oxygen atoms in total. The van der Waals surface area contributed by atoms with Gasteiger partial charge in [-0.15, -0.1) is 0 Å². The number of esters is 1. The van der Waals surface area contributed by atoms with Crippen LogP contribution in [0, 0.1) is 15.5 Å². The van der Waals surface area contributed by atoms with Gasteiger partial charge in [-0.1, -0.05) is 17.7 Å². The van der Waals surface area contributed by atoms with E-state index in [0.29, 0.717) is 18.2 Å². The van der Waals surface area contributed by atoms with E-state index in [1.54, 1.807) is 0 Å². The summed E-state index contributed by atoms with van der Waals surface area (Å²) in [6, 6.07) is 4.41. The number of anilines is 1. The molecule has 16 heteroatoms. The molecule has 2 aromatic carbocycles. The lowest BCUT2D eigenvalue weighted by Crippen LogP contribution is -2.55. The summed E-state index contributed by atoms with van der Waals surface area (Å²) in [4.78, 5) is 36.1. The Kier molecular flexibility index (Phi) is 8.20. The number of benzene rings is 2. The first-order valence-electron chi connectivity index (χ1n) is 11.2. The Balaban J connectivity index is 2.06. The molecule has 1 heterocycles. The molecular formula is C23H21ClF6N4O5. The van der Waals surface area contributed by atoms with Crippen molar-refractivity contribution in [3.05, 3.63) is 68.2 Å². The Hall–Kier alpha value is -3.43. The number of carbonyl (C=O) groups is 2.